The number of rotatable bonds is 0. The van der Waals surface area contributed by atoms with Crippen molar-refractivity contribution in [1.82, 2.24) is 4.98 Å². The SMILES string of the molecule is Cc1ccc2c(n1)SCC2C. The van der Waals surface area contributed by atoms with Gasteiger partial charge in [-0.2, -0.15) is 0 Å². The summed E-state index contributed by atoms with van der Waals surface area (Å²) >= 11 is 1.88. The lowest BCUT2D eigenvalue weighted by Gasteiger charge is -2.01. The van der Waals surface area contributed by atoms with Crippen LogP contribution in [0.3, 0.4) is 0 Å². The minimum Gasteiger partial charge on any atom is -0.247 e. The first-order chi connectivity index (χ1) is 5.27. The fourth-order valence-electron chi connectivity index (χ4n) is 1.33. The molecule has 2 heterocycles. The lowest BCUT2D eigenvalue weighted by molar-refractivity contribution is 0.857. The number of fused-ring (bicyclic) bond motifs is 1. The van der Waals surface area contributed by atoms with Gasteiger partial charge in [-0.3, -0.25) is 0 Å². The second kappa shape index (κ2) is 2.52. The van der Waals surface area contributed by atoms with Crippen molar-refractivity contribution in [2.24, 2.45) is 0 Å². The average Bonchev–Trinajstić information content (AvgIpc) is 2.32. The van der Waals surface area contributed by atoms with Crippen LogP contribution >= 0.6 is 11.8 Å². The lowest BCUT2D eigenvalue weighted by Crippen LogP contribution is -1.90. The molecule has 1 aromatic rings. The first-order valence-corrected chi connectivity index (χ1v) is 4.86. The molecule has 2 rings (SSSR count). The lowest BCUT2D eigenvalue weighted by atomic mass is 10.1. The highest BCUT2D eigenvalue weighted by Gasteiger charge is 2.19. The van der Waals surface area contributed by atoms with Crippen LogP contribution in [-0.2, 0) is 0 Å². The molecule has 1 atom stereocenters. The van der Waals surface area contributed by atoms with Gasteiger partial charge in [-0.05, 0) is 24.5 Å². The Morgan fingerprint density at radius 2 is 2.36 bits per heavy atom. The highest BCUT2D eigenvalue weighted by molar-refractivity contribution is 7.99. The molecule has 0 aliphatic carbocycles. The fourth-order valence-corrected chi connectivity index (χ4v) is 2.56. The summed E-state index contributed by atoms with van der Waals surface area (Å²) in [5.41, 5.74) is 2.56. The van der Waals surface area contributed by atoms with E-state index in [-0.39, 0.29) is 0 Å². The Kier molecular flexibility index (Phi) is 1.64. The Bertz CT molecular complexity index is 283. The van der Waals surface area contributed by atoms with E-state index in [9.17, 15) is 0 Å². The molecular formula is C9H11NS. The predicted octanol–water partition coefficient (Wildman–Crippen LogP) is 2.60. The number of hydrogen-bond acceptors (Lipinski definition) is 2. The van der Waals surface area contributed by atoms with Crippen molar-refractivity contribution >= 4 is 11.8 Å². The number of aromatic nitrogens is 1. The van der Waals surface area contributed by atoms with Crippen molar-refractivity contribution in [3.8, 4) is 0 Å². The summed E-state index contributed by atoms with van der Waals surface area (Å²) in [6, 6.07) is 4.31. The number of pyridine rings is 1. The third-order valence-electron chi connectivity index (χ3n) is 2.03. The third-order valence-corrected chi connectivity index (χ3v) is 3.30. The molecule has 1 aliphatic heterocycles. The first kappa shape index (κ1) is 7.17. The van der Waals surface area contributed by atoms with E-state index in [1.807, 2.05) is 18.7 Å². The number of thioether (sulfide) groups is 1. The van der Waals surface area contributed by atoms with Crippen molar-refractivity contribution in [3.05, 3.63) is 23.4 Å². The van der Waals surface area contributed by atoms with Crippen LogP contribution in [0.1, 0.15) is 24.1 Å². The molecule has 1 aliphatic rings. The summed E-state index contributed by atoms with van der Waals surface area (Å²) in [7, 11) is 0. The van der Waals surface area contributed by atoms with Crippen LogP contribution in [0, 0.1) is 6.92 Å². The van der Waals surface area contributed by atoms with Gasteiger partial charge < -0.3 is 0 Å². The van der Waals surface area contributed by atoms with Crippen molar-refractivity contribution in [2.45, 2.75) is 24.8 Å². The van der Waals surface area contributed by atoms with E-state index in [0.29, 0.717) is 5.92 Å². The van der Waals surface area contributed by atoms with Gasteiger partial charge in [-0.15, -0.1) is 11.8 Å². The highest BCUT2D eigenvalue weighted by atomic mass is 32.2. The van der Waals surface area contributed by atoms with Crippen LogP contribution in [0.2, 0.25) is 0 Å². The second-order valence-corrected chi connectivity index (χ2v) is 4.07. The van der Waals surface area contributed by atoms with Gasteiger partial charge in [0.15, 0.2) is 0 Å². The topological polar surface area (TPSA) is 12.9 Å². The molecule has 1 aromatic heterocycles. The van der Waals surface area contributed by atoms with Gasteiger partial charge in [0.2, 0.25) is 0 Å². The summed E-state index contributed by atoms with van der Waals surface area (Å²) in [5, 5.41) is 1.25. The molecule has 11 heavy (non-hydrogen) atoms. The quantitative estimate of drug-likeness (QED) is 0.586. The zero-order chi connectivity index (χ0) is 7.84. The number of aryl methyl sites for hydroxylation is 1. The molecule has 1 unspecified atom stereocenters. The van der Waals surface area contributed by atoms with E-state index in [1.165, 1.54) is 16.3 Å². The molecule has 0 saturated carbocycles. The van der Waals surface area contributed by atoms with Crippen molar-refractivity contribution in [2.75, 3.05) is 5.75 Å². The van der Waals surface area contributed by atoms with Crippen LogP contribution in [0.15, 0.2) is 17.2 Å². The van der Waals surface area contributed by atoms with Gasteiger partial charge in [-0.1, -0.05) is 13.0 Å². The molecule has 2 heteroatoms. The molecule has 58 valence electrons. The van der Waals surface area contributed by atoms with Crippen LogP contribution < -0.4 is 0 Å². The monoisotopic (exact) mass is 165 g/mol. The minimum absolute atomic E-state index is 0.697. The average molecular weight is 165 g/mol. The summed E-state index contributed by atoms with van der Waals surface area (Å²) in [6.07, 6.45) is 0. The van der Waals surface area contributed by atoms with Gasteiger partial charge in [0.05, 0.1) is 5.03 Å². The first-order valence-electron chi connectivity index (χ1n) is 3.87. The van der Waals surface area contributed by atoms with E-state index in [1.54, 1.807) is 0 Å². The Morgan fingerprint density at radius 1 is 1.55 bits per heavy atom. The van der Waals surface area contributed by atoms with E-state index in [2.05, 4.69) is 24.0 Å². The standard InChI is InChI=1S/C9H11NS/c1-6-5-11-9-8(6)4-3-7(2)10-9/h3-4,6H,5H2,1-2H3. The maximum atomic E-state index is 4.47. The maximum absolute atomic E-state index is 4.47. The van der Waals surface area contributed by atoms with Gasteiger partial charge in [0.1, 0.15) is 0 Å². The summed E-state index contributed by atoms with van der Waals surface area (Å²) < 4.78 is 0. The van der Waals surface area contributed by atoms with Gasteiger partial charge in [-0.25, -0.2) is 4.98 Å². The number of nitrogens with zero attached hydrogens (tertiary/aromatic N) is 1. The summed E-state index contributed by atoms with van der Waals surface area (Å²) in [4.78, 5) is 4.47. The van der Waals surface area contributed by atoms with Crippen LogP contribution in [0.5, 0.6) is 0 Å². The van der Waals surface area contributed by atoms with Crippen LogP contribution in [-0.4, -0.2) is 10.7 Å². The Morgan fingerprint density at radius 3 is 3.18 bits per heavy atom. The molecule has 1 nitrogen and oxygen atoms in total. The smallest absolute Gasteiger partial charge is 0.0998 e. The Balaban J connectivity index is 2.50. The second-order valence-electron chi connectivity index (χ2n) is 3.06. The summed E-state index contributed by atoms with van der Waals surface area (Å²) in [6.45, 7) is 4.31. The van der Waals surface area contributed by atoms with Gasteiger partial charge in [0, 0.05) is 11.4 Å². The summed E-state index contributed by atoms with van der Waals surface area (Å²) in [5.74, 6) is 1.90. The van der Waals surface area contributed by atoms with Crippen molar-refractivity contribution in [3.63, 3.8) is 0 Å². The predicted molar refractivity (Wildman–Crippen MR) is 48.1 cm³/mol. The van der Waals surface area contributed by atoms with Crippen LogP contribution in [0.4, 0.5) is 0 Å². The molecule has 0 N–H and O–H groups in total. The van der Waals surface area contributed by atoms with Gasteiger partial charge >= 0.3 is 0 Å². The van der Waals surface area contributed by atoms with E-state index >= 15 is 0 Å². The largest absolute Gasteiger partial charge is 0.247 e. The molecule has 0 radical (unpaired) electrons. The molecule has 0 amide bonds. The zero-order valence-electron chi connectivity index (χ0n) is 6.79. The number of hydrogen-bond donors (Lipinski definition) is 0. The third kappa shape index (κ3) is 1.16. The van der Waals surface area contributed by atoms with Crippen molar-refractivity contribution in [1.29, 1.82) is 0 Å². The van der Waals surface area contributed by atoms with Crippen molar-refractivity contribution < 1.29 is 0 Å². The van der Waals surface area contributed by atoms with E-state index in [4.69, 9.17) is 0 Å². The van der Waals surface area contributed by atoms with Crippen LogP contribution in [0.25, 0.3) is 0 Å². The molecule has 0 aromatic carbocycles. The van der Waals surface area contributed by atoms with E-state index in [0.717, 1.165) is 5.69 Å². The molecule has 0 spiro atoms. The Labute approximate surface area is 71.2 Å². The molecule has 0 fully saturated rings. The fraction of sp³-hybridized carbons (Fsp3) is 0.444. The highest BCUT2D eigenvalue weighted by Crippen LogP contribution is 2.37. The van der Waals surface area contributed by atoms with Gasteiger partial charge in [0.25, 0.3) is 0 Å². The normalized spacial score (nSPS) is 21.8. The molecular weight excluding hydrogens is 154 g/mol. The molecule has 0 saturated heterocycles. The Hall–Kier alpha value is -0.500. The minimum atomic E-state index is 0.697. The van der Waals surface area contributed by atoms with E-state index < -0.39 is 0 Å². The maximum Gasteiger partial charge on any atom is 0.0998 e. The zero-order valence-corrected chi connectivity index (χ0v) is 7.61. The molecule has 0 bridgehead atoms.